The molecule has 2 N–H and O–H groups in total. The van der Waals surface area contributed by atoms with Crippen molar-refractivity contribution in [2.75, 3.05) is 12.8 Å². The summed E-state index contributed by atoms with van der Waals surface area (Å²) in [4.78, 5) is 4.71. The van der Waals surface area contributed by atoms with Crippen molar-refractivity contribution in [1.29, 1.82) is 0 Å². The highest BCUT2D eigenvalue weighted by atomic mass is 19.1. The van der Waals surface area contributed by atoms with Gasteiger partial charge in [-0.15, -0.1) is 0 Å². The van der Waals surface area contributed by atoms with Gasteiger partial charge in [-0.1, -0.05) is 24.3 Å². The Morgan fingerprint density at radius 2 is 1.65 bits per heavy atom. The van der Waals surface area contributed by atoms with E-state index in [1.165, 1.54) is 12.1 Å². The van der Waals surface area contributed by atoms with Crippen molar-refractivity contribution >= 4 is 11.5 Å². The number of fused-ring (bicyclic) bond motifs is 1. The van der Waals surface area contributed by atoms with E-state index in [9.17, 15) is 4.39 Å². The average molecular weight is 348 g/mol. The fourth-order valence-electron chi connectivity index (χ4n) is 3.08. The second-order valence-corrected chi connectivity index (χ2v) is 5.99. The van der Waals surface area contributed by atoms with Crippen LogP contribution in [0.3, 0.4) is 0 Å². The Hall–Kier alpha value is -3.41. The molecule has 0 unspecified atom stereocenters. The maximum atomic E-state index is 13.2. The van der Waals surface area contributed by atoms with Gasteiger partial charge in [0, 0.05) is 11.1 Å². The molecule has 0 aliphatic rings. The van der Waals surface area contributed by atoms with Crippen LogP contribution in [0.2, 0.25) is 0 Å². The molecule has 0 bridgehead atoms. The number of aromatic nitrogens is 3. The first-order chi connectivity index (χ1) is 12.6. The molecular weight excluding hydrogens is 331 g/mol. The van der Waals surface area contributed by atoms with Gasteiger partial charge in [0.25, 0.3) is 0 Å². The monoisotopic (exact) mass is 348 g/mol. The smallest absolute Gasteiger partial charge is 0.165 e. The molecule has 2 heterocycles. The van der Waals surface area contributed by atoms with Crippen LogP contribution < -0.4 is 10.5 Å². The van der Waals surface area contributed by atoms with Gasteiger partial charge in [0.1, 0.15) is 17.4 Å². The van der Waals surface area contributed by atoms with Crippen LogP contribution in [0.25, 0.3) is 27.9 Å². The van der Waals surface area contributed by atoms with Crippen LogP contribution in [0.15, 0.2) is 54.7 Å². The number of rotatable bonds is 3. The van der Waals surface area contributed by atoms with Crippen LogP contribution in [-0.2, 0) is 0 Å². The van der Waals surface area contributed by atoms with Crippen LogP contribution in [0, 0.1) is 12.7 Å². The number of nitrogen functional groups attached to an aromatic ring is 1. The van der Waals surface area contributed by atoms with Gasteiger partial charge in [-0.3, -0.25) is 0 Å². The number of aryl methyl sites for hydroxylation is 1. The molecule has 0 radical (unpaired) electrons. The molecule has 130 valence electrons. The number of nitrogens with two attached hydrogens (primary N) is 1. The first-order valence-corrected chi connectivity index (χ1v) is 8.12. The highest BCUT2D eigenvalue weighted by Gasteiger charge is 2.16. The maximum absolute atomic E-state index is 13.2. The Morgan fingerprint density at radius 1 is 1.00 bits per heavy atom. The van der Waals surface area contributed by atoms with Crippen LogP contribution in [-0.4, -0.2) is 21.7 Å². The Bertz CT molecular complexity index is 1090. The summed E-state index contributed by atoms with van der Waals surface area (Å²) in [7, 11) is 1.63. The lowest BCUT2D eigenvalue weighted by atomic mass is 10.0. The minimum absolute atomic E-state index is 0.292. The normalized spacial score (nSPS) is 11.0. The number of anilines is 1. The number of nitrogens with zero attached hydrogens (tertiary/aromatic N) is 3. The SMILES string of the molecule is COc1ccc(-c2cnn3c(N)c(-c4ccc(F)cc4)c(C)nc23)cc1. The van der Waals surface area contributed by atoms with Crippen molar-refractivity contribution in [3.63, 3.8) is 0 Å². The molecule has 4 aromatic rings. The van der Waals surface area contributed by atoms with Gasteiger partial charge in [-0.25, -0.2) is 9.37 Å². The van der Waals surface area contributed by atoms with E-state index >= 15 is 0 Å². The molecule has 0 saturated heterocycles. The number of benzene rings is 2. The Kier molecular flexibility index (Phi) is 3.80. The quantitative estimate of drug-likeness (QED) is 0.605. The van der Waals surface area contributed by atoms with Crippen molar-refractivity contribution < 1.29 is 9.13 Å². The van der Waals surface area contributed by atoms with Crippen molar-refractivity contribution in [1.82, 2.24) is 14.6 Å². The zero-order valence-electron chi connectivity index (χ0n) is 14.4. The van der Waals surface area contributed by atoms with Gasteiger partial charge < -0.3 is 10.5 Å². The van der Waals surface area contributed by atoms with Crippen molar-refractivity contribution in [3.8, 4) is 28.0 Å². The molecule has 4 rings (SSSR count). The zero-order chi connectivity index (χ0) is 18.3. The first kappa shape index (κ1) is 16.1. The summed E-state index contributed by atoms with van der Waals surface area (Å²) in [5, 5.41) is 4.41. The molecule has 0 amide bonds. The molecule has 0 aliphatic carbocycles. The molecule has 2 aromatic heterocycles. The largest absolute Gasteiger partial charge is 0.497 e. The van der Waals surface area contributed by atoms with Gasteiger partial charge in [0.2, 0.25) is 0 Å². The molecule has 0 fully saturated rings. The maximum Gasteiger partial charge on any atom is 0.165 e. The van der Waals surface area contributed by atoms with Crippen molar-refractivity contribution in [2.45, 2.75) is 6.92 Å². The molecule has 2 aromatic carbocycles. The van der Waals surface area contributed by atoms with E-state index < -0.39 is 0 Å². The topological polar surface area (TPSA) is 65.4 Å². The van der Waals surface area contributed by atoms with Gasteiger partial charge in [0.15, 0.2) is 5.65 Å². The number of halogens is 1. The standard InChI is InChI=1S/C20H17FN4O/c1-12-18(14-3-7-15(21)8-4-14)19(22)25-20(24-12)17(11-23-25)13-5-9-16(26-2)10-6-13/h3-11H,22H2,1-2H3. The van der Waals surface area contributed by atoms with E-state index in [0.29, 0.717) is 11.5 Å². The number of methoxy groups -OCH3 is 1. The fourth-order valence-corrected chi connectivity index (χ4v) is 3.08. The third-order valence-electron chi connectivity index (χ3n) is 4.40. The molecular formula is C20H17FN4O. The summed E-state index contributed by atoms with van der Waals surface area (Å²) in [5.41, 5.74) is 11.2. The van der Waals surface area contributed by atoms with E-state index in [1.54, 1.807) is 30.0 Å². The van der Waals surface area contributed by atoms with Crippen molar-refractivity contribution in [3.05, 3.63) is 66.2 Å². The first-order valence-electron chi connectivity index (χ1n) is 8.12. The summed E-state index contributed by atoms with van der Waals surface area (Å²) < 4.78 is 20.0. The minimum Gasteiger partial charge on any atom is -0.497 e. The van der Waals surface area contributed by atoms with Crippen LogP contribution in [0.5, 0.6) is 5.75 Å². The van der Waals surface area contributed by atoms with Crippen LogP contribution >= 0.6 is 0 Å². The third kappa shape index (κ3) is 2.56. The zero-order valence-corrected chi connectivity index (χ0v) is 14.4. The number of hydrogen-bond acceptors (Lipinski definition) is 4. The predicted molar refractivity (Wildman–Crippen MR) is 99.5 cm³/mol. The third-order valence-corrected chi connectivity index (χ3v) is 4.40. The molecule has 26 heavy (non-hydrogen) atoms. The fraction of sp³-hybridized carbons (Fsp3) is 0.100. The van der Waals surface area contributed by atoms with Gasteiger partial charge in [0.05, 0.1) is 19.0 Å². The van der Waals surface area contributed by atoms with Crippen molar-refractivity contribution in [2.24, 2.45) is 0 Å². The minimum atomic E-state index is -0.292. The highest BCUT2D eigenvalue weighted by molar-refractivity contribution is 5.83. The molecule has 0 atom stereocenters. The van der Waals surface area contributed by atoms with E-state index in [2.05, 4.69) is 5.10 Å². The lowest BCUT2D eigenvalue weighted by molar-refractivity contribution is 0.415. The van der Waals surface area contributed by atoms with Crippen LogP contribution in [0.4, 0.5) is 10.2 Å². The molecule has 0 spiro atoms. The van der Waals surface area contributed by atoms with Gasteiger partial charge in [-0.2, -0.15) is 9.61 Å². The van der Waals surface area contributed by atoms with E-state index in [-0.39, 0.29) is 5.82 Å². The Labute approximate surface area is 149 Å². The molecule has 6 heteroatoms. The van der Waals surface area contributed by atoms with Gasteiger partial charge in [-0.05, 0) is 42.3 Å². The second-order valence-electron chi connectivity index (χ2n) is 5.99. The highest BCUT2D eigenvalue weighted by Crippen LogP contribution is 2.33. The average Bonchev–Trinajstić information content (AvgIpc) is 3.07. The molecule has 0 aliphatic heterocycles. The van der Waals surface area contributed by atoms with Gasteiger partial charge >= 0.3 is 0 Å². The number of ether oxygens (including phenoxy) is 1. The van der Waals surface area contributed by atoms with E-state index in [0.717, 1.165) is 33.7 Å². The summed E-state index contributed by atoms with van der Waals surface area (Å²) in [6.07, 6.45) is 1.74. The van der Waals surface area contributed by atoms with E-state index in [4.69, 9.17) is 15.5 Å². The Morgan fingerprint density at radius 3 is 2.31 bits per heavy atom. The predicted octanol–water partition coefficient (Wildman–Crippen LogP) is 4.10. The summed E-state index contributed by atoms with van der Waals surface area (Å²) >= 11 is 0. The van der Waals surface area contributed by atoms with Crippen LogP contribution in [0.1, 0.15) is 5.69 Å². The summed E-state index contributed by atoms with van der Waals surface area (Å²) in [6.45, 7) is 1.89. The lowest BCUT2D eigenvalue weighted by Gasteiger charge is -2.11. The summed E-state index contributed by atoms with van der Waals surface area (Å²) in [6, 6.07) is 13.9. The lowest BCUT2D eigenvalue weighted by Crippen LogP contribution is -2.05. The molecule has 5 nitrogen and oxygen atoms in total. The summed E-state index contributed by atoms with van der Waals surface area (Å²) in [5.74, 6) is 0.964. The second kappa shape index (κ2) is 6.15. The Balaban J connectivity index is 1.88. The molecule has 0 saturated carbocycles. The van der Waals surface area contributed by atoms with E-state index in [1.807, 2.05) is 31.2 Å². The number of hydrogen-bond donors (Lipinski definition) is 1.